The Morgan fingerprint density at radius 2 is 2.11 bits per heavy atom. The highest BCUT2D eigenvalue weighted by Crippen LogP contribution is 2.24. The molecule has 2 aromatic rings. The number of nitrogens with zero attached hydrogens (tertiary/aromatic N) is 2. The molecule has 0 bridgehead atoms. The van der Waals surface area contributed by atoms with Gasteiger partial charge in [-0.1, -0.05) is 0 Å². The number of amides is 2. The molecular weight excluding hydrogens is 354 g/mol. The average Bonchev–Trinajstić information content (AvgIpc) is 3.13. The number of carbonyl (C=O) groups is 2. The molecule has 2 heterocycles. The van der Waals surface area contributed by atoms with E-state index in [4.69, 9.17) is 4.74 Å². The van der Waals surface area contributed by atoms with Crippen molar-refractivity contribution < 1.29 is 14.3 Å². The number of carbonyl (C=O) groups excluding carboxylic acids is 2. The van der Waals surface area contributed by atoms with Crippen molar-refractivity contribution >= 4 is 17.5 Å². The molecule has 28 heavy (non-hydrogen) atoms. The number of methoxy groups -OCH3 is 1. The fraction of sp³-hybridized carbons (Fsp3) is 0.455. The van der Waals surface area contributed by atoms with E-state index in [1.165, 1.54) is 0 Å². The lowest BCUT2D eigenvalue weighted by atomic mass is 9.93. The van der Waals surface area contributed by atoms with Gasteiger partial charge in [0.15, 0.2) is 0 Å². The smallest absolute Gasteiger partial charge is 0.270 e. The minimum atomic E-state index is 0.0131. The summed E-state index contributed by atoms with van der Waals surface area (Å²) in [6.07, 6.45) is 5.19. The first kappa shape index (κ1) is 20.0. The zero-order chi connectivity index (χ0) is 20.1. The van der Waals surface area contributed by atoms with Crippen molar-refractivity contribution in [3.63, 3.8) is 0 Å². The second kappa shape index (κ2) is 8.95. The maximum Gasteiger partial charge on any atom is 0.270 e. The van der Waals surface area contributed by atoms with E-state index in [-0.39, 0.29) is 11.8 Å². The molecule has 1 aliphatic rings. The highest BCUT2D eigenvalue weighted by Gasteiger charge is 2.26. The van der Waals surface area contributed by atoms with Gasteiger partial charge in [0.2, 0.25) is 5.91 Å². The van der Waals surface area contributed by atoms with Crippen LogP contribution in [0.5, 0.6) is 5.75 Å². The molecule has 1 aromatic carbocycles. The summed E-state index contributed by atoms with van der Waals surface area (Å²) in [6.45, 7) is 3.46. The lowest BCUT2D eigenvalue weighted by Gasteiger charge is -2.32. The van der Waals surface area contributed by atoms with Gasteiger partial charge in [-0.15, -0.1) is 0 Å². The number of hydrogen-bond donors (Lipinski definition) is 1. The molecule has 0 radical (unpaired) electrons. The van der Waals surface area contributed by atoms with E-state index in [0.717, 1.165) is 49.4 Å². The summed E-state index contributed by atoms with van der Waals surface area (Å²) in [5.41, 5.74) is 2.51. The van der Waals surface area contributed by atoms with Gasteiger partial charge in [-0.25, -0.2) is 0 Å². The summed E-state index contributed by atoms with van der Waals surface area (Å²) in [7, 11) is 3.52. The second-order valence-electron chi connectivity index (χ2n) is 7.53. The molecule has 6 nitrogen and oxygen atoms in total. The predicted molar refractivity (Wildman–Crippen MR) is 110 cm³/mol. The first-order valence-corrected chi connectivity index (χ1v) is 9.83. The SMILES string of the molecule is COc1ccc(NC(=O)CC[C@H]2CCCN(C(=O)c3cccn3C)C2)c(C)c1. The molecule has 1 fully saturated rings. The summed E-state index contributed by atoms with van der Waals surface area (Å²) < 4.78 is 7.06. The van der Waals surface area contributed by atoms with E-state index in [9.17, 15) is 9.59 Å². The van der Waals surface area contributed by atoms with Gasteiger partial charge >= 0.3 is 0 Å². The molecule has 0 unspecified atom stereocenters. The third-order valence-corrected chi connectivity index (χ3v) is 5.46. The predicted octanol–water partition coefficient (Wildman–Crippen LogP) is 3.61. The number of likely N-dealkylation sites (tertiary alicyclic amines) is 1. The zero-order valence-electron chi connectivity index (χ0n) is 16.9. The van der Waals surface area contributed by atoms with Gasteiger partial charge in [0.05, 0.1) is 7.11 Å². The van der Waals surface area contributed by atoms with Crippen molar-refractivity contribution in [3.05, 3.63) is 47.8 Å². The van der Waals surface area contributed by atoms with Crippen LogP contribution in [0.4, 0.5) is 5.69 Å². The summed E-state index contributed by atoms with van der Waals surface area (Å²) >= 11 is 0. The molecule has 1 N–H and O–H groups in total. The van der Waals surface area contributed by atoms with Crippen LogP contribution in [-0.4, -0.2) is 41.5 Å². The van der Waals surface area contributed by atoms with Crippen molar-refractivity contribution in [2.75, 3.05) is 25.5 Å². The van der Waals surface area contributed by atoms with Crippen molar-refractivity contribution in [2.45, 2.75) is 32.6 Å². The summed E-state index contributed by atoms with van der Waals surface area (Å²) in [4.78, 5) is 27.0. The molecule has 1 saturated heterocycles. The Hall–Kier alpha value is -2.76. The highest BCUT2D eigenvalue weighted by molar-refractivity contribution is 5.93. The van der Waals surface area contributed by atoms with E-state index in [2.05, 4.69) is 5.32 Å². The van der Waals surface area contributed by atoms with Gasteiger partial charge in [0.25, 0.3) is 5.91 Å². The number of piperidine rings is 1. The van der Waals surface area contributed by atoms with Crippen LogP contribution in [0.15, 0.2) is 36.5 Å². The summed E-state index contributed by atoms with van der Waals surface area (Å²) in [5.74, 6) is 1.23. The minimum absolute atomic E-state index is 0.0131. The molecule has 6 heteroatoms. The molecule has 3 rings (SSSR count). The number of hydrogen-bond acceptors (Lipinski definition) is 3. The van der Waals surface area contributed by atoms with Gasteiger partial charge in [-0.2, -0.15) is 0 Å². The number of anilines is 1. The number of benzene rings is 1. The topological polar surface area (TPSA) is 63.6 Å². The van der Waals surface area contributed by atoms with Gasteiger partial charge < -0.3 is 19.5 Å². The minimum Gasteiger partial charge on any atom is -0.497 e. The van der Waals surface area contributed by atoms with Crippen LogP contribution >= 0.6 is 0 Å². The monoisotopic (exact) mass is 383 g/mol. The maximum atomic E-state index is 12.7. The second-order valence-corrected chi connectivity index (χ2v) is 7.53. The Kier molecular flexibility index (Phi) is 6.39. The molecule has 0 aliphatic carbocycles. The van der Waals surface area contributed by atoms with Gasteiger partial charge in [0, 0.05) is 38.4 Å². The quantitative estimate of drug-likeness (QED) is 0.829. The molecule has 1 aromatic heterocycles. The Bertz CT molecular complexity index is 843. The first-order valence-electron chi connectivity index (χ1n) is 9.83. The number of nitrogens with one attached hydrogen (secondary N) is 1. The Morgan fingerprint density at radius 3 is 2.79 bits per heavy atom. The normalized spacial score (nSPS) is 16.7. The standard InChI is InChI=1S/C22H29N3O3/c1-16-14-18(28-3)9-10-19(16)23-21(26)11-8-17-6-4-13-25(15-17)22(27)20-7-5-12-24(20)2/h5,7,9-10,12,14,17H,4,6,8,11,13,15H2,1-3H3,(H,23,26)/t17-/m1/s1. The van der Waals surface area contributed by atoms with Gasteiger partial charge in [0.1, 0.15) is 11.4 Å². The largest absolute Gasteiger partial charge is 0.497 e. The van der Waals surface area contributed by atoms with Crippen molar-refractivity contribution in [3.8, 4) is 5.75 Å². The fourth-order valence-corrected chi connectivity index (χ4v) is 3.78. The third kappa shape index (κ3) is 4.74. The molecule has 1 aliphatic heterocycles. The summed E-state index contributed by atoms with van der Waals surface area (Å²) in [5, 5.41) is 2.99. The van der Waals surface area contributed by atoms with Crippen LogP contribution in [0, 0.1) is 12.8 Å². The number of aryl methyl sites for hydroxylation is 2. The number of aromatic nitrogens is 1. The van der Waals surface area contributed by atoms with E-state index < -0.39 is 0 Å². The lowest BCUT2D eigenvalue weighted by molar-refractivity contribution is -0.116. The molecule has 150 valence electrons. The van der Waals surface area contributed by atoms with Crippen LogP contribution in [0.25, 0.3) is 0 Å². The lowest BCUT2D eigenvalue weighted by Crippen LogP contribution is -2.40. The molecule has 2 amide bonds. The molecule has 1 atom stereocenters. The maximum absolute atomic E-state index is 12.7. The Labute approximate surface area is 166 Å². The van der Waals surface area contributed by atoms with Gasteiger partial charge in [-0.3, -0.25) is 9.59 Å². The molecular formula is C22H29N3O3. The van der Waals surface area contributed by atoms with Crippen molar-refractivity contribution in [1.82, 2.24) is 9.47 Å². The van der Waals surface area contributed by atoms with E-state index in [1.54, 1.807) is 7.11 Å². The van der Waals surface area contributed by atoms with Gasteiger partial charge in [-0.05, 0) is 68.0 Å². The highest BCUT2D eigenvalue weighted by atomic mass is 16.5. The fourth-order valence-electron chi connectivity index (χ4n) is 3.78. The third-order valence-electron chi connectivity index (χ3n) is 5.46. The molecule has 0 spiro atoms. The van der Waals surface area contributed by atoms with Crippen LogP contribution in [0.1, 0.15) is 41.7 Å². The zero-order valence-corrected chi connectivity index (χ0v) is 16.9. The van der Waals surface area contributed by atoms with Crippen LogP contribution in [0.2, 0.25) is 0 Å². The Morgan fingerprint density at radius 1 is 1.29 bits per heavy atom. The first-order chi connectivity index (χ1) is 13.5. The average molecular weight is 383 g/mol. The molecule has 0 saturated carbocycles. The van der Waals surface area contributed by atoms with Crippen LogP contribution in [0.3, 0.4) is 0 Å². The number of rotatable bonds is 6. The van der Waals surface area contributed by atoms with Crippen molar-refractivity contribution in [2.24, 2.45) is 13.0 Å². The summed E-state index contributed by atoms with van der Waals surface area (Å²) in [6, 6.07) is 9.37. The van der Waals surface area contributed by atoms with Crippen molar-refractivity contribution in [1.29, 1.82) is 0 Å². The van der Waals surface area contributed by atoms with Crippen LogP contribution in [-0.2, 0) is 11.8 Å². The van der Waals surface area contributed by atoms with Crippen LogP contribution < -0.4 is 10.1 Å². The Balaban J connectivity index is 1.51. The van der Waals surface area contributed by atoms with E-state index >= 15 is 0 Å². The van der Waals surface area contributed by atoms with E-state index in [1.807, 2.05) is 60.0 Å². The van der Waals surface area contributed by atoms with E-state index in [0.29, 0.717) is 18.0 Å². The number of ether oxygens (including phenoxy) is 1.